The fraction of sp³-hybridized carbons (Fsp3) is 0.357. The molecule has 0 aliphatic heterocycles. The van der Waals surface area contributed by atoms with Crippen molar-refractivity contribution in [3.8, 4) is 0 Å². The third-order valence-corrected chi connectivity index (χ3v) is 3.10. The number of allylic oxidation sites excluding steroid dienone is 2. The number of hydrogen-bond donors (Lipinski definition) is 1. The lowest BCUT2D eigenvalue weighted by atomic mass is 10.1. The quantitative estimate of drug-likeness (QED) is 0.838. The van der Waals surface area contributed by atoms with Gasteiger partial charge in [0.1, 0.15) is 0 Å². The van der Waals surface area contributed by atoms with Crippen molar-refractivity contribution < 1.29 is 4.79 Å². The molecule has 0 heterocycles. The normalized spacial score (nSPS) is 15.8. The predicted molar refractivity (Wildman–Crippen MR) is 66.4 cm³/mol. The fourth-order valence-electron chi connectivity index (χ4n) is 1.98. The molecule has 16 heavy (non-hydrogen) atoms. The zero-order valence-electron chi connectivity index (χ0n) is 9.84. The highest BCUT2D eigenvalue weighted by Crippen LogP contribution is 2.24. The van der Waals surface area contributed by atoms with E-state index in [1.54, 1.807) is 0 Å². The molecule has 1 aromatic carbocycles. The summed E-state index contributed by atoms with van der Waals surface area (Å²) in [6, 6.07) is 8.35. The predicted octanol–water partition coefficient (Wildman–Crippen LogP) is 3.30. The smallest absolute Gasteiger partial charge is 0.160 e. The SMILES string of the molecule is CCc1cccc(NC2=C(C)C(=O)CC2)c1. The van der Waals surface area contributed by atoms with Gasteiger partial charge in [-0.3, -0.25) is 4.79 Å². The van der Waals surface area contributed by atoms with Gasteiger partial charge in [-0.1, -0.05) is 19.1 Å². The minimum atomic E-state index is 0.272. The van der Waals surface area contributed by atoms with Crippen molar-refractivity contribution >= 4 is 11.5 Å². The number of ketones is 1. The maximum Gasteiger partial charge on any atom is 0.160 e. The summed E-state index contributed by atoms with van der Waals surface area (Å²) in [7, 11) is 0. The van der Waals surface area contributed by atoms with Crippen LogP contribution in [-0.2, 0) is 11.2 Å². The van der Waals surface area contributed by atoms with Gasteiger partial charge in [-0.05, 0) is 37.5 Å². The molecule has 0 aromatic heterocycles. The van der Waals surface area contributed by atoms with Crippen LogP contribution < -0.4 is 5.32 Å². The van der Waals surface area contributed by atoms with Gasteiger partial charge in [0.25, 0.3) is 0 Å². The lowest BCUT2D eigenvalue weighted by Crippen LogP contribution is -1.99. The van der Waals surface area contributed by atoms with E-state index in [-0.39, 0.29) is 5.78 Å². The van der Waals surface area contributed by atoms with E-state index in [1.807, 2.05) is 19.1 Å². The molecule has 0 bridgehead atoms. The maximum atomic E-state index is 11.4. The Labute approximate surface area is 96.4 Å². The van der Waals surface area contributed by atoms with E-state index in [2.05, 4.69) is 24.4 Å². The van der Waals surface area contributed by atoms with Crippen LogP contribution in [-0.4, -0.2) is 5.78 Å². The highest BCUT2D eigenvalue weighted by Gasteiger charge is 2.18. The van der Waals surface area contributed by atoms with E-state index in [0.29, 0.717) is 6.42 Å². The molecule has 0 saturated carbocycles. The number of nitrogens with one attached hydrogen (secondary N) is 1. The number of anilines is 1. The fourth-order valence-corrected chi connectivity index (χ4v) is 1.98. The van der Waals surface area contributed by atoms with E-state index in [4.69, 9.17) is 0 Å². The van der Waals surface area contributed by atoms with E-state index in [9.17, 15) is 4.79 Å². The molecule has 0 saturated heterocycles. The number of aryl methyl sites for hydroxylation is 1. The Bertz CT molecular complexity index is 446. The van der Waals surface area contributed by atoms with Crippen molar-refractivity contribution in [3.63, 3.8) is 0 Å². The summed E-state index contributed by atoms with van der Waals surface area (Å²) >= 11 is 0. The molecule has 1 aromatic rings. The lowest BCUT2D eigenvalue weighted by Gasteiger charge is -2.09. The van der Waals surface area contributed by atoms with Gasteiger partial charge in [-0.15, -0.1) is 0 Å². The van der Waals surface area contributed by atoms with E-state index >= 15 is 0 Å². The molecule has 1 aliphatic rings. The molecule has 0 amide bonds. The van der Waals surface area contributed by atoms with Crippen LogP contribution in [0.5, 0.6) is 0 Å². The van der Waals surface area contributed by atoms with Crippen LogP contribution in [0, 0.1) is 0 Å². The van der Waals surface area contributed by atoms with Crippen LogP contribution in [0.3, 0.4) is 0 Å². The van der Waals surface area contributed by atoms with E-state index in [1.165, 1.54) is 5.56 Å². The molecule has 1 aliphatic carbocycles. The summed E-state index contributed by atoms with van der Waals surface area (Å²) in [5.41, 5.74) is 4.37. The highest BCUT2D eigenvalue weighted by atomic mass is 16.1. The molecule has 84 valence electrons. The summed E-state index contributed by atoms with van der Waals surface area (Å²) in [6.07, 6.45) is 2.54. The molecule has 0 fully saturated rings. The Kier molecular flexibility index (Phi) is 3.09. The van der Waals surface area contributed by atoms with Gasteiger partial charge < -0.3 is 5.32 Å². The molecule has 0 unspecified atom stereocenters. The van der Waals surface area contributed by atoms with Gasteiger partial charge in [-0.25, -0.2) is 0 Å². The standard InChI is InChI=1S/C14H17NO/c1-3-11-5-4-6-12(9-11)15-13-7-8-14(16)10(13)2/h4-6,9,15H,3,7-8H2,1-2H3. The molecule has 2 nitrogen and oxygen atoms in total. The van der Waals surface area contributed by atoms with E-state index < -0.39 is 0 Å². The first-order valence-corrected chi connectivity index (χ1v) is 5.79. The third-order valence-electron chi connectivity index (χ3n) is 3.10. The summed E-state index contributed by atoms with van der Waals surface area (Å²) in [6.45, 7) is 4.05. The van der Waals surface area contributed by atoms with Gasteiger partial charge in [0.05, 0.1) is 0 Å². The Balaban J connectivity index is 2.18. The van der Waals surface area contributed by atoms with Gasteiger partial charge in [-0.2, -0.15) is 0 Å². The molecule has 0 radical (unpaired) electrons. The molecule has 2 rings (SSSR count). The van der Waals surface area contributed by atoms with Gasteiger partial charge in [0.2, 0.25) is 0 Å². The second kappa shape index (κ2) is 4.52. The minimum absolute atomic E-state index is 0.272. The number of rotatable bonds is 3. The number of carbonyl (C=O) groups is 1. The Morgan fingerprint density at radius 3 is 2.75 bits per heavy atom. The van der Waals surface area contributed by atoms with Gasteiger partial charge >= 0.3 is 0 Å². The third kappa shape index (κ3) is 2.16. The molecular formula is C14H17NO. The van der Waals surface area contributed by atoms with Crippen LogP contribution in [0.1, 0.15) is 32.3 Å². The number of benzene rings is 1. The van der Waals surface area contributed by atoms with Crippen molar-refractivity contribution in [1.82, 2.24) is 0 Å². The van der Waals surface area contributed by atoms with Crippen molar-refractivity contribution in [3.05, 3.63) is 41.1 Å². The molecule has 2 heteroatoms. The molecule has 0 atom stereocenters. The van der Waals surface area contributed by atoms with Crippen LogP contribution >= 0.6 is 0 Å². The summed E-state index contributed by atoms with van der Waals surface area (Å²) < 4.78 is 0. The van der Waals surface area contributed by atoms with Gasteiger partial charge in [0.15, 0.2) is 5.78 Å². The Morgan fingerprint density at radius 2 is 2.12 bits per heavy atom. The molecule has 0 spiro atoms. The van der Waals surface area contributed by atoms with Crippen molar-refractivity contribution in [2.75, 3.05) is 5.32 Å². The first kappa shape index (κ1) is 10.9. The zero-order chi connectivity index (χ0) is 11.5. The maximum absolute atomic E-state index is 11.4. The highest BCUT2D eigenvalue weighted by molar-refractivity contribution is 5.98. The van der Waals surface area contributed by atoms with Crippen LogP contribution in [0.4, 0.5) is 5.69 Å². The number of Topliss-reactive ketones (excluding diaryl/α,β-unsaturated/α-hetero) is 1. The average molecular weight is 215 g/mol. The van der Waals surface area contributed by atoms with Crippen molar-refractivity contribution in [2.24, 2.45) is 0 Å². The largest absolute Gasteiger partial charge is 0.359 e. The summed E-state index contributed by atoms with van der Waals surface area (Å²) in [4.78, 5) is 11.4. The first-order valence-electron chi connectivity index (χ1n) is 5.79. The molecule has 1 N–H and O–H groups in total. The summed E-state index contributed by atoms with van der Waals surface area (Å²) in [5, 5.41) is 3.35. The second-order valence-electron chi connectivity index (χ2n) is 4.21. The summed E-state index contributed by atoms with van der Waals surface area (Å²) in [5.74, 6) is 0.272. The minimum Gasteiger partial charge on any atom is -0.359 e. The first-order chi connectivity index (χ1) is 7.70. The lowest BCUT2D eigenvalue weighted by molar-refractivity contribution is -0.114. The zero-order valence-corrected chi connectivity index (χ0v) is 9.84. The Morgan fingerprint density at radius 1 is 1.31 bits per heavy atom. The van der Waals surface area contributed by atoms with Gasteiger partial charge in [0, 0.05) is 23.4 Å². The second-order valence-corrected chi connectivity index (χ2v) is 4.21. The van der Waals surface area contributed by atoms with Crippen molar-refractivity contribution in [2.45, 2.75) is 33.1 Å². The van der Waals surface area contributed by atoms with Crippen LogP contribution in [0.2, 0.25) is 0 Å². The Hall–Kier alpha value is -1.57. The van der Waals surface area contributed by atoms with Crippen LogP contribution in [0.15, 0.2) is 35.5 Å². The van der Waals surface area contributed by atoms with Crippen LogP contribution in [0.25, 0.3) is 0 Å². The average Bonchev–Trinajstić information content (AvgIpc) is 2.61. The van der Waals surface area contributed by atoms with Crippen molar-refractivity contribution in [1.29, 1.82) is 0 Å². The molecular weight excluding hydrogens is 198 g/mol. The topological polar surface area (TPSA) is 29.1 Å². The number of carbonyl (C=O) groups excluding carboxylic acids is 1. The monoisotopic (exact) mass is 215 g/mol. The van der Waals surface area contributed by atoms with E-state index in [0.717, 1.165) is 29.8 Å². The number of hydrogen-bond acceptors (Lipinski definition) is 2.